The van der Waals surface area contributed by atoms with Crippen molar-refractivity contribution in [1.29, 1.82) is 5.41 Å². The summed E-state index contributed by atoms with van der Waals surface area (Å²) in [5, 5.41) is 11.9. The molecule has 5 heteroatoms. The largest absolute Gasteiger partial charge is 0.362 e. The number of carbonyl (C=O) groups is 1. The van der Waals surface area contributed by atoms with Crippen LogP contribution in [0.25, 0.3) is 0 Å². The van der Waals surface area contributed by atoms with Gasteiger partial charge >= 0.3 is 0 Å². The molecule has 0 heterocycles. The van der Waals surface area contributed by atoms with Crippen molar-refractivity contribution in [2.24, 2.45) is 5.92 Å². The quantitative estimate of drug-likeness (QED) is 0.0904. The van der Waals surface area contributed by atoms with Gasteiger partial charge in [-0.15, -0.1) is 6.58 Å². The molecule has 2 N–H and O–H groups in total. The van der Waals surface area contributed by atoms with Crippen LogP contribution in [0.2, 0.25) is 0 Å². The van der Waals surface area contributed by atoms with Gasteiger partial charge in [0, 0.05) is 22.8 Å². The topological polar surface area (TPSA) is 73.3 Å². The van der Waals surface area contributed by atoms with Gasteiger partial charge < -0.3 is 15.6 Å². The van der Waals surface area contributed by atoms with Crippen molar-refractivity contribution in [3.8, 4) is 0 Å². The number of ketones is 1. The molecule has 0 unspecified atom stereocenters. The zero-order chi connectivity index (χ0) is 26.5. The van der Waals surface area contributed by atoms with Gasteiger partial charge in [0.1, 0.15) is 5.70 Å². The van der Waals surface area contributed by atoms with Crippen LogP contribution in [0.4, 0.5) is 0 Å². The lowest BCUT2D eigenvalue weighted by atomic mass is 9.97. The summed E-state index contributed by atoms with van der Waals surface area (Å²) in [4.78, 5) is 28.1. The Balaban J connectivity index is 3.86. The van der Waals surface area contributed by atoms with E-state index in [1.165, 1.54) is 0 Å². The van der Waals surface area contributed by atoms with E-state index in [2.05, 4.69) is 24.4 Å². The summed E-state index contributed by atoms with van der Waals surface area (Å²) < 4.78 is 0. The summed E-state index contributed by atoms with van der Waals surface area (Å²) in [6.07, 6.45) is 14.2. The first-order chi connectivity index (χ1) is 16.7. The first-order valence-corrected chi connectivity index (χ1v) is 12.2. The molecular formula is C30H41N3O2. The molecule has 1 fully saturated rings. The summed E-state index contributed by atoms with van der Waals surface area (Å²) in [5.41, 5.74) is 4.42. The molecule has 0 atom stereocenters. The van der Waals surface area contributed by atoms with Crippen LogP contribution in [0.3, 0.4) is 0 Å². The van der Waals surface area contributed by atoms with Gasteiger partial charge in [0.15, 0.2) is 11.7 Å². The second-order valence-corrected chi connectivity index (χ2v) is 8.64. The maximum absolute atomic E-state index is 13.7. The van der Waals surface area contributed by atoms with E-state index in [-0.39, 0.29) is 29.5 Å². The third kappa shape index (κ3) is 8.38. The van der Waals surface area contributed by atoms with Gasteiger partial charge in [-0.05, 0) is 83.4 Å². The van der Waals surface area contributed by atoms with Crippen LogP contribution < -0.4 is 5.32 Å². The minimum Gasteiger partial charge on any atom is -0.362 e. The Hall–Kier alpha value is -3.43. The number of hydrogen-bond donors (Lipinski definition) is 2. The van der Waals surface area contributed by atoms with E-state index in [0.717, 1.165) is 30.5 Å². The monoisotopic (exact) mass is 475 g/mol. The Kier molecular flexibility index (Phi) is 12.5. The van der Waals surface area contributed by atoms with Crippen molar-refractivity contribution in [3.05, 3.63) is 89.1 Å². The molecule has 0 spiro atoms. The molecule has 0 radical (unpaired) electrons. The fourth-order valence-electron chi connectivity index (χ4n) is 3.75. The van der Waals surface area contributed by atoms with Crippen LogP contribution in [-0.4, -0.2) is 28.9 Å². The zero-order valence-corrected chi connectivity index (χ0v) is 22.3. The van der Waals surface area contributed by atoms with E-state index in [1.807, 2.05) is 45.9 Å². The maximum atomic E-state index is 13.7. The molecule has 0 saturated heterocycles. The number of rotatable bonds is 15. The average molecular weight is 476 g/mol. The van der Waals surface area contributed by atoms with Crippen LogP contribution in [0.15, 0.2) is 89.1 Å². The van der Waals surface area contributed by atoms with Crippen LogP contribution in [0, 0.1) is 11.3 Å². The minimum absolute atomic E-state index is 0.0991. The molecule has 0 aromatic rings. The SMILES string of the molecule is C=CC/C=C(\C)C(=O)/C(C(=C=O)N(CC(=N)C1CC1)/C(C=C)=C(C)/C=C\C)=C(/C)N/C(=C/C)CC. The highest BCUT2D eigenvalue weighted by Crippen LogP contribution is 2.33. The number of hydrogen-bond acceptors (Lipinski definition) is 5. The lowest BCUT2D eigenvalue weighted by molar-refractivity contribution is -0.112. The highest BCUT2D eigenvalue weighted by atomic mass is 16.1. The molecule has 1 rings (SSSR count). The smallest absolute Gasteiger partial charge is 0.193 e. The van der Waals surface area contributed by atoms with Gasteiger partial charge in [-0.1, -0.05) is 43.9 Å². The fourth-order valence-corrected chi connectivity index (χ4v) is 3.75. The van der Waals surface area contributed by atoms with Gasteiger partial charge in [0.2, 0.25) is 0 Å². The van der Waals surface area contributed by atoms with E-state index in [0.29, 0.717) is 29.1 Å². The fraction of sp³-hybridized carbons (Fsp3) is 0.400. The lowest BCUT2D eigenvalue weighted by Crippen LogP contribution is -2.33. The van der Waals surface area contributed by atoms with Crippen molar-refractivity contribution in [3.63, 3.8) is 0 Å². The average Bonchev–Trinajstić information content (AvgIpc) is 3.69. The van der Waals surface area contributed by atoms with Crippen LogP contribution >= 0.6 is 0 Å². The summed E-state index contributed by atoms with van der Waals surface area (Å²) in [6, 6.07) is 0. The van der Waals surface area contributed by atoms with Crippen molar-refractivity contribution in [2.75, 3.05) is 6.54 Å². The number of nitrogens with zero attached hydrogens (tertiary/aromatic N) is 1. The van der Waals surface area contributed by atoms with Crippen LogP contribution in [-0.2, 0) is 9.59 Å². The highest BCUT2D eigenvalue weighted by Gasteiger charge is 2.32. The third-order valence-electron chi connectivity index (χ3n) is 5.94. The number of Topliss-reactive ketones (excluding diaryl/α,β-unsaturated/α-hetero) is 1. The first kappa shape index (κ1) is 29.6. The molecule has 1 aliphatic rings. The molecule has 5 nitrogen and oxygen atoms in total. The summed E-state index contributed by atoms with van der Waals surface area (Å²) in [5.74, 6) is 2.01. The van der Waals surface area contributed by atoms with Crippen LogP contribution in [0.1, 0.15) is 67.2 Å². The Bertz CT molecular complexity index is 1040. The third-order valence-corrected chi connectivity index (χ3v) is 5.94. The lowest BCUT2D eigenvalue weighted by Gasteiger charge is -2.30. The van der Waals surface area contributed by atoms with Crippen molar-refractivity contribution < 1.29 is 9.59 Å². The summed E-state index contributed by atoms with van der Waals surface area (Å²) in [7, 11) is 0. The molecule has 1 aliphatic carbocycles. The Morgan fingerprint density at radius 1 is 1.20 bits per heavy atom. The van der Waals surface area contributed by atoms with Crippen molar-refractivity contribution in [2.45, 2.75) is 67.2 Å². The van der Waals surface area contributed by atoms with E-state index in [9.17, 15) is 9.59 Å². The van der Waals surface area contributed by atoms with E-state index >= 15 is 0 Å². The Labute approximate surface area is 211 Å². The standard InChI is InChI=1S/C30H41N3O2/c1-9-14-16-22(7)30(35)29(23(8)32-25(11-3)12-4)28(20-34)33(19-26(31)24-17-18-24)27(13-5)21(6)15-10-2/h9-11,13,15-16,24,31-32H,1,5,12,14,17-19H2,2-4,6-8H3/b15-10-,22-16+,25-11+,27-21+,29-23-,31-26?. The molecule has 0 amide bonds. The predicted octanol–water partition coefficient (Wildman–Crippen LogP) is 6.74. The van der Waals surface area contributed by atoms with E-state index in [4.69, 9.17) is 5.41 Å². The number of carbonyl (C=O) groups excluding carboxylic acids is 2. The molecule has 0 bridgehead atoms. The Morgan fingerprint density at radius 2 is 1.86 bits per heavy atom. The minimum atomic E-state index is -0.267. The van der Waals surface area contributed by atoms with Crippen LogP contribution in [0.5, 0.6) is 0 Å². The second kappa shape index (κ2) is 14.7. The molecule has 0 aliphatic heterocycles. The molecular weight excluding hydrogens is 434 g/mol. The zero-order valence-electron chi connectivity index (χ0n) is 22.3. The summed E-state index contributed by atoms with van der Waals surface area (Å²) in [6.45, 7) is 19.2. The highest BCUT2D eigenvalue weighted by molar-refractivity contribution is 6.12. The van der Waals surface area contributed by atoms with Crippen molar-refractivity contribution in [1.82, 2.24) is 10.2 Å². The molecule has 188 valence electrons. The number of allylic oxidation sites excluding steroid dienone is 11. The first-order valence-electron chi connectivity index (χ1n) is 12.2. The molecule has 1 saturated carbocycles. The molecule has 0 aromatic heterocycles. The number of nitrogens with one attached hydrogen (secondary N) is 2. The van der Waals surface area contributed by atoms with Gasteiger partial charge in [-0.25, -0.2) is 4.79 Å². The molecule has 0 aromatic carbocycles. The summed E-state index contributed by atoms with van der Waals surface area (Å²) >= 11 is 0. The van der Waals surface area contributed by atoms with E-state index < -0.39 is 0 Å². The normalized spacial score (nSPS) is 15.6. The molecule has 35 heavy (non-hydrogen) atoms. The Morgan fingerprint density at radius 3 is 2.31 bits per heavy atom. The van der Waals surface area contributed by atoms with Gasteiger partial charge in [0.25, 0.3) is 0 Å². The second-order valence-electron chi connectivity index (χ2n) is 8.64. The van der Waals surface area contributed by atoms with Gasteiger partial charge in [-0.3, -0.25) is 4.79 Å². The van der Waals surface area contributed by atoms with Crippen molar-refractivity contribution >= 4 is 17.4 Å². The van der Waals surface area contributed by atoms with Gasteiger partial charge in [-0.2, -0.15) is 0 Å². The predicted molar refractivity (Wildman–Crippen MR) is 148 cm³/mol. The van der Waals surface area contributed by atoms with E-state index in [1.54, 1.807) is 37.0 Å². The maximum Gasteiger partial charge on any atom is 0.193 e. The van der Waals surface area contributed by atoms with Gasteiger partial charge in [0.05, 0.1) is 12.1 Å².